The van der Waals surface area contributed by atoms with Gasteiger partial charge >= 0.3 is 6.18 Å². The van der Waals surface area contributed by atoms with Crippen molar-refractivity contribution in [1.82, 2.24) is 5.32 Å². The van der Waals surface area contributed by atoms with Gasteiger partial charge in [0.05, 0.1) is 5.56 Å². The highest BCUT2D eigenvalue weighted by molar-refractivity contribution is 6.30. The van der Waals surface area contributed by atoms with Crippen LogP contribution in [0.3, 0.4) is 0 Å². The second kappa shape index (κ2) is 7.32. The summed E-state index contributed by atoms with van der Waals surface area (Å²) < 4.78 is 63.8. The monoisotopic (exact) mass is 389 g/mol. The second-order valence-electron chi connectivity index (χ2n) is 6.02. The normalized spacial score (nSPS) is 16.1. The smallest absolute Gasteiger partial charge is 0.416 e. The molecule has 0 amide bonds. The van der Waals surface area contributed by atoms with Gasteiger partial charge in [-0.3, -0.25) is 0 Å². The van der Waals surface area contributed by atoms with Crippen molar-refractivity contribution >= 4 is 11.6 Å². The number of nitrogens with one attached hydrogen (secondary N) is 1. The van der Waals surface area contributed by atoms with Crippen LogP contribution in [-0.2, 0) is 6.18 Å². The Labute approximate surface area is 152 Å². The third-order valence-corrected chi connectivity index (χ3v) is 4.20. The topological polar surface area (TPSA) is 30.5 Å². The van der Waals surface area contributed by atoms with Crippen LogP contribution < -0.4 is 14.8 Å². The molecule has 0 spiro atoms. The van der Waals surface area contributed by atoms with Gasteiger partial charge in [-0.2, -0.15) is 13.2 Å². The molecule has 1 N–H and O–H groups in total. The van der Waals surface area contributed by atoms with Crippen molar-refractivity contribution in [1.29, 1.82) is 0 Å². The van der Waals surface area contributed by atoms with Gasteiger partial charge in [-0.1, -0.05) is 11.6 Å². The minimum absolute atomic E-state index is 0.0304. The first-order valence-corrected chi connectivity index (χ1v) is 8.31. The Hall–Kier alpha value is -1.99. The van der Waals surface area contributed by atoms with E-state index in [-0.39, 0.29) is 11.7 Å². The van der Waals surface area contributed by atoms with E-state index in [9.17, 15) is 17.6 Å². The Morgan fingerprint density at radius 2 is 1.85 bits per heavy atom. The molecule has 0 aliphatic carbocycles. The van der Waals surface area contributed by atoms with Crippen molar-refractivity contribution in [2.24, 2.45) is 0 Å². The third-order valence-electron chi connectivity index (χ3n) is 3.96. The molecule has 2 aromatic carbocycles. The molecule has 140 valence electrons. The summed E-state index contributed by atoms with van der Waals surface area (Å²) in [6, 6.07) is 7.09. The molecule has 1 unspecified atom stereocenters. The molecule has 0 saturated carbocycles. The standard InChI is InChI=1S/C18H16ClF4NO2/c1-10(11-4-12(18(21,22)23)6-14(20)5-11)25-16-3-2-13(19)7-17(16)26-15-8-24-9-15/h2-7,10,15,24H,8-9H2,1H3. The van der Waals surface area contributed by atoms with Crippen LogP contribution in [0.25, 0.3) is 0 Å². The summed E-state index contributed by atoms with van der Waals surface area (Å²) in [6.45, 7) is 2.90. The van der Waals surface area contributed by atoms with Gasteiger partial charge in [-0.05, 0) is 42.8 Å². The zero-order chi connectivity index (χ0) is 18.9. The molecule has 1 fully saturated rings. The van der Waals surface area contributed by atoms with Crippen molar-refractivity contribution in [3.63, 3.8) is 0 Å². The van der Waals surface area contributed by atoms with Gasteiger partial charge < -0.3 is 14.8 Å². The second-order valence-corrected chi connectivity index (χ2v) is 6.46. The molecule has 1 aliphatic heterocycles. The zero-order valence-electron chi connectivity index (χ0n) is 13.7. The highest BCUT2D eigenvalue weighted by Crippen LogP contribution is 2.36. The highest BCUT2D eigenvalue weighted by atomic mass is 35.5. The fourth-order valence-corrected chi connectivity index (χ4v) is 2.63. The fraction of sp³-hybridized carbons (Fsp3) is 0.333. The van der Waals surface area contributed by atoms with Crippen LogP contribution in [-0.4, -0.2) is 19.2 Å². The minimum atomic E-state index is -4.64. The maximum Gasteiger partial charge on any atom is 0.416 e. The van der Waals surface area contributed by atoms with E-state index in [1.54, 1.807) is 18.2 Å². The van der Waals surface area contributed by atoms with Crippen LogP contribution in [0.15, 0.2) is 36.4 Å². The lowest BCUT2D eigenvalue weighted by Gasteiger charge is -2.29. The number of rotatable bonds is 5. The van der Waals surface area contributed by atoms with Gasteiger partial charge in [0.15, 0.2) is 11.5 Å². The molecule has 2 aromatic rings. The molecule has 3 rings (SSSR count). The number of alkyl halides is 3. The van der Waals surface area contributed by atoms with Crippen molar-refractivity contribution in [3.8, 4) is 11.5 Å². The molecular weight excluding hydrogens is 374 g/mol. The first kappa shape index (κ1) is 18.8. The molecule has 0 bridgehead atoms. The maximum atomic E-state index is 13.6. The van der Waals surface area contributed by atoms with Crippen LogP contribution in [0, 0.1) is 5.82 Å². The van der Waals surface area contributed by atoms with E-state index in [4.69, 9.17) is 21.1 Å². The Balaban J connectivity index is 1.84. The summed E-state index contributed by atoms with van der Waals surface area (Å²) in [6.07, 6.45) is -5.49. The lowest BCUT2D eigenvalue weighted by Crippen LogP contribution is -2.50. The Morgan fingerprint density at radius 1 is 1.12 bits per heavy atom. The average molecular weight is 390 g/mol. The van der Waals surface area contributed by atoms with Crippen LogP contribution in [0.1, 0.15) is 24.2 Å². The number of ether oxygens (including phenoxy) is 2. The summed E-state index contributed by atoms with van der Waals surface area (Å²) in [7, 11) is 0. The number of benzene rings is 2. The number of hydrogen-bond donors (Lipinski definition) is 1. The number of hydrogen-bond acceptors (Lipinski definition) is 3. The van der Waals surface area contributed by atoms with Gasteiger partial charge in [0.25, 0.3) is 0 Å². The minimum Gasteiger partial charge on any atom is -0.484 e. The van der Waals surface area contributed by atoms with E-state index in [0.29, 0.717) is 35.7 Å². The largest absolute Gasteiger partial charge is 0.484 e. The molecule has 1 atom stereocenters. The van der Waals surface area contributed by atoms with E-state index in [2.05, 4.69) is 5.32 Å². The lowest BCUT2D eigenvalue weighted by atomic mass is 10.1. The molecule has 0 aromatic heterocycles. The van der Waals surface area contributed by atoms with Crippen molar-refractivity contribution < 1.29 is 27.0 Å². The van der Waals surface area contributed by atoms with E-state index in [0.717, 1.165) is 12.1 Å². The van der Waals surface area contributed by atoms with Gasteiger partial charge in [0, 0.05) is 24.2 Å². The summed E-state index contributed by atoms with van der Waals surface area (Å²) >= 11 is 5.98. The maximum absolute atomic E-state index is 13.6. The van der Waals surface area contributed by atoms with Gasteiger partial charge in [0.1, 0.15) is 18.0 Å². The molecular formula is C18H16ClF4NO2. The Kier molecular flexibility index (Phi) is 5.29. The van der Waals surface area contributed by atoms with Crippen LogP contribution >= 0.6 is 11.6 Å². The van der Waals surface area contributed by atoms with Crippen molar-refractivity contribution in [2.75, 3.05) is 13.1 Å². The lowest BCUT2D eigenvalue weighted by molar-refractivity contribution is -0.137. The fourth-order valence-electron chi connectivity index (χ4n) is 2.47. The summed E-state index contributed by atoms with van der Waals surface area (Å²) in [5.74, 6) is -0.256. The van der Waals surface area contributed by atoms with E-state index in [1.165, 1.54) is 6.92 Å². The molecule has 1 heterocycles. The van der Waals surface area contributed by atoms with Gasteiger partial charge in [-0.25, -0.2) is 4.39 Å². The molecule has 3 nitrogen and oxygen atoms in total. The van der Waals surface area contributed by atoms with Crippen molar-refractivity contribution in [2.45, 2.75) is 25.3 Å². The third kappa shape index (κ3) is 4.40. The molecule has 0 radical (unpaired) electrons. The molecule has 8 heteroatoms. The molecule has 26 heavy (non-hydrogen) atoms. The summed E-state index contributed by atoms with van der Waals surface area (Å²) in [5.41, 5.74) is -0.986. The average Bonchev–Trinajstić information content (AvgIpc) is 2.51. The van der Waals surface area contributed by atoms with Gasteiger partial charge in [0.2, 0.25) is 0 Å². The van der Waals surface area contributed by atoms with Crippen molar-refractivity contribution in [3.05, 3.63) is 58.4 Å². The quantitative estimate of drug-likeness (QED) is 0.731. The molecule has 1 saturated heterocycles. The number of halogens is 5. The first-order valence-electron chi connectivity index (χ1n) is 7.93. The summed E-state index contributed by atoms with van der Waals surface area (Å²) in [4.78, 5) is 0. The Bertz CT molecular complexity index is 793. The predicted molar refractivity (Wildman–Crippen MR) is 89.2 cm³/mol. The zero-order valence-corrected chi connectivity index (χ0v) is 14.5. The van der Waals surface area contributed by atoms with E-state index in [1.807, 2.05) is 0 Å². The van der Waals surface area contributed by atoms with Crippen LogP contribution in [0.4, 0.5) is 17.6 Å². The van der Waals surface area contributed by atoms with Crippen LogP contribution in [0.5, 0.6) is 11.5 Å². The highest BCUT2D eigenvalue weighted by Gasteiger charge is 2.32. The predicted octanol–water partition coefficient (Wildman–Crippen LogP) is 4.99. The van der Waals surface area contributed by atoms with E-state index >= 15 is 0 Å². The van der Waals surface area contributed by atoms with E-state index < -0.39 is 23.7 Å². The summed E-state index contributed by atoms with van der Waals surface area (Å²) in [5, 5.41) is 3.50. The SMILES string of the molecule is CC(Oc1ccc(Cl)cc1OC1CNC1)c1cc(F)cc(C(F)(F)F)c1. The van der Waals surface area contributed by atoms with Gasteiger partial charge in [-0.15, -0.1) is 0 Å². The van der Waals surface area contributed by atoms with Crippen LogP contribution in [0.2, 0.25) is 5.02 Å². The first-order chi connectivity index (χ1) is 12.2. The Morgan fingerprint density at radius 3 is 2.46 bits per heavy atom. The molecule has 1 aliphatic rings.